The molecule has 0 fully saturated rings. The first-order valence-electron chi connectivity index (χ1n) is 8.46. The second-order valence-corrected chi connectivity index (χ2v) is 7.21. The third kappa shape index (κ3) is 3.91. The van der Waals surface area contributed by atoms with Crippen molar-refractivity contribution in [2.45, 2.75) is 33.4 Å². The molecule has 0 radical (unpaired) electrons. The van der Waals surface area contributed by atoms with Gasteiger partial charge in [0.1, 0.15) is 12.0 Å². The predicted molar refractivity (Wildman–Crippen MR) is 105 cm³/mol. The highest BCUT2D eigenvalue weighted by atomic mass is 32.1. The van der Waals surface area contributed by atoms with Gasteiger partial charge in [0.15, 0.2) is 0 Å². The van der Waals surface area contributed by atoms with Crippen LogP contribution >= 0.6 is 11.3 Å². The van der Waals surface area contributed by atoms with Crippen molar-refractivity contribution in [1.82, 2.24) is 9.13 Å². The van der Waals surface area contributed by atoms with Crippen LogP contribution in [0.1, 0.15) is 24.2 Å². The second kappa shape index (κ2) is 7.66. The van der Waals surface area contributed by atoms with Gasteiger partial charge < -0.3 is 0 Å². The summed E-state index contributed by atoms with van der Waals surface area (Å²) in [7, 11) is 0. The zero-order valence-electron chi connectivity index (χ0n) is 15.0. The summed E-state index contributed by atoms with van der Waals surface area (Å²) in [4.78, 5) is 29.5. The van der Waals surface area contributed by atoms with Crippen molar-refractivity contribution >= 4 is 17.2 Å². The molecule has 0 atom stereocenters. The molecule has 0 aliphatic rings. The lowest BCUT2D eigenvalue weighted by Gasteiger charge is -2.10. The highest BCUT2D eigenvalue weighted by Crippen LogP contribution is 2.20. The van der Waals surface area contributed by atoms with Crippen LogP contribution in [-0.4, -0.2) is 21.1 Å². The Morgan fingerprint density at radius 2 is 1.88 bits per heavy atom. The standard InChI is InChI=1S/C20H21N3O2S/c1-14(2)21-18-6-4-5-11-22(18)19(24)12-23-17(13-26-20(23)25)16-9-7-15(3)8-10-16/h4-11,13-14H,12H2,1-3H3. The maximum absolute atomic E-state index is 12.9. The van der Waals surface area contributed by atoms with Crippen LogP contribution in [-0.2, 0) is 6.54 Å². The van der Waals surface area contributed by atoms with E-state index in [1.165, 1.54) is 9.13 Å². The summed E-state index contributed by atoms with van der Waals surface area (Å²) in [5, 5.41) is 1.80. The van der Waals surface area contributed by atoms with Gasteiger partial charge in [0, 0.05) is 17.6 Å². The first-order valence-corrected chi connectivity index (χ1v) is 9.34. The Morgan fingerprint density at radius 1 is 1.15 bits per heavy atom. The fourth-order valence-electron chi connectivity index (χ4n) is 2.66. The third-order valence-electron chi connectivity index (χ3n) is 3.92. The van der Waals surface area contributed by atoms with Crippen LogP contribution in [0.25, 0.3) is 11.3 Å². The highest BCUT2D eigenvalue weighted by molar-refractivity contribution is 7.07. The fraction of sp³-hybridized carbons (Fsp3) is 0.250. The van der Waals surface area contributed by atoms with Crippen molar-refractivity contribution in [3.63, 3.8) is 0 Å². The lowest BCUT2D eigenvalue weighted by atomic mass is 10.1. The molecule has 26 heavy (non-hydrogen) atoms. The maximum Gasteiger partial charge on any atom is 0.308 e. The first-order chi connectivity index (χ1) is 12.5. The summed E-state index contributed by atoms with van der Waals surface area (Å²) in [5.74, 6) is -0.195. The average Bonchev–Trinajstić information content (AvgIpc) is 2.96. The minimum absolute atomic E-state index is 0.0269. The molecule has 6 heteroatoms. The van der Waals surface area contributed by atoms with E-state index in [-0.39, 0.29) is 23.4 Å². The minimum Gasteiger partial charge on any atom is -0.289 e. The number of rotatable bonds is 4. The summed E-state index contributed by atoms with van der Waals surface area (Å²) in [6, 6.07) is 13.4. The van der Waals surface area contributed by atoms with E-state index in [4.69, 9.17) is 0 Å². The van der Waals surface area contributed by atoms with Gasteiger partial charge in [-0.2, -0.15) is 0 Å². The summed E-state index contributed by atoms with van der Waals surface area (Å²) < 4.78 is 3.03. The van der Waals surface area contributed by atoms with Crippen LogP contribution in [0.3, 0.4) is 0 Å². The number of carbonyl (C=O) groups is 1. The number of pyridine rings is 1. The topological polar surface area (TPSA) is 56.4 Å². The molecule has 0 amide bonds. The van der Waals surface area contributed by atoms with E-state index in [0.29, 0.717) is 5.49 Å². The number of aromatic nitrogens is 2. The smallest absolute Gasteiger partial charge is 0.289 e. The van der Waals surface area contributed by atoms with E-state index in [2.05, 4.69) is 4.99 Å². The monoisotopic (exact) mass is 367 g/mol. The van der Waals surface area contributed by atoms with Gasteiger partial charge >= 0.3 is 4.87 Å². The van der Waals surface area contributed by atoms with Gasteiger partial charge in [-0.1, -0.05) is 47.2 Å². The molecular weight excluding hydrogens is 346 g/mol. The van der Waals surface area contributed by atoms with Crippen LogP contribution in [0.2, 0.25) is 0 Å². The molecule has 0 bridgehead atoms. The van der Waals surface area contributed by atoms with Crippen LogP contribution in [0.5, 0.6) is 0 Å². The van der Waals surface area contributed by atoms with E-state index >= 15 is 0 Å². The first kappa shape index (κ1) is 18.1. The van der Waals surface area contributed by atoms with Crippen LogP contribution in [0.15, 0.2) is 63.8 Å². The van der Waals surface area contributed by atoms with Gasteiger partial charge in [-0.05, 0) is 38.5 Å². The zero-order valence-corrected chi connectivity index (χ0v) is 15.9. The van der Waals surface area contributed by atoms with Crippen molar-refractivity contribution in [1.29, 1.82) is 0 Å². The number of hydrogen-bond donors (Lipinski definition) is 0. The molecule has 0 saturated carbocycles. The third-order valence-corrected chi connectivity index (χ3v) is 4.68. The van der Waals surface area contributed by atoms with Crippen molar-refractivity contribution in [3.05, 3.63) is 74.8 Å². The molecule has 0 N–H and O–H groups in total. The Balaban J connectivity index is 1.98. The number of aryl methyl sites for hydroxylation is 1. The van der Waals surface area contributed by atoms with Crippen molar-refractivity contribution < 1.29 is 4.79 Å². The summed E-state index contributed by atoms with van der Waals surface area (Å²) in [6.07, 6.45) is 1.69. The van der Waals surface area contributed by atoms with Gasteiger partial charge in [0.05, 0.1) is 5.69 Å². The Morgan fingerprint density at radius 3 is 2.58 bits per heavy atom. The number of thiazole rings is 1. The van der Waals surface area contributed by atoms with Crippen LogP contribution in [0, 0.1) is 6.92 Å². The lowest BCUT2D eigenvalue weighted by molar-refractivity contribution is 0.0885. The lowest BCUT2D eigenvalue weighted by Crippen LogP contribution is -2.32. The van der Waals surface area contributed by atoms with Gasteiger partial charge in [0.2, 0.25) is 0 Å². The molecule has 134 valence electrons. The molecule has 1 aromatic carbocycles. The Kier molecular flexibility index (Phi) is 5.32. The van der Waals surface area contributed by atoms with Crippen molar-refractivity contribution in [2.24, 2.45) is 4.99 Å². The second-order valence-electron chi connectivity index (χ2n) is 6.38. The fourth-order valence-corrected chi connectivity index (χ4v) is 3.42. The van der Waals surface area contributed by atoms with Crippen LogP contribution < -0.4 is 10.4 Å². The minimum atomic E-state index is -0.195. The molecule has 2 heterocycles. The summed E-state index contributed by atoms with van der Waals surface area (Å²) >= 11 is 1.10. The predicted octanol–water partition coefficient (Wildman–Crippen LogP) is 3.34. The number of benzene rings is 1. The Labute approximate surface area is 155 Å². The molecule has 0 aliphatic heterocycles. The number of carbonyl (C=O) groups excluding carboxylic acids is 1. The SMILES string of the molecule is Cc1ccc(-c2csc(=O)n2CC(=O)n2ccccc2=NC(C)C)cc1. The largest absolute Gasteiger partial charge is 0.308 e. The quantitative estimate of drug-likeness (QED) is 0.710. The van der Waals surface area contributed by atoms with Gasteiger partial charge in [-0.15, -0.1) is 0 Å². The highest BCUT2D eigenvalue weighted by Gasteiger charge is 2.14. The summed E-state index contributed by atoms with van der Waals surface area (Å²) in [5.41, 5.74) is 3.42. The molecule has 3 rings (SSSR count). The van der Waals surface area contributed by atoms with E-state index in [9.17, 15) is 9.59 Å². The van der Waals surface area contributed by atoms with Gasteiger partial charge in [-0.25, -0.2) is 0 Å². The van der Waals surface area contributed by atoms with Crippen LogP contribution in [0.4, 0.5) is 0 Å². The maximum atomic E-state index is 12.9. The van der Waals surface area contributed by atoms with Gasteiger partial charge in [-0.3, -0.25) is 23.7 Å². The molecule has 0 unspecified atom stereocenters. The van der Waals surface area contributed by atoms with E-state index in [1.54, 1.807) is 23.7 Å². The molecule has 2 aromatic heterocycles. The van der Waals surface area contributed by atoms with E-state index < -0.39 is 0 Å². The number of nitrogens with zero attached hydrogens (tertiary/aromatic N) is 3. The van der Waals surface area contributed by atoms with Crippen molar-refractivity contribution in [3.8, 4) is 11.3 Å². The van der Waals surface area contributed by atoms with Crippen molar-refractivity contribution in [2.75, 3.05) is 0 Å². The normalized spacial score (nSPS) is 11.9. The van der Waals surface area contributed by atoms with Gasteiger partial charge in [0.25, 0.3) is 5.91 Å². The molecular formula is C20H21N3O2S. The number of hydrogen-bond acceptors (Lipinski definition) is 4. The molecule has 3 aromatic rings. The molecule has 0 aliphatic carbocycles. The Bertz CT molecular complexity index is 1040. The average molecular weight is 367 g/mol. The summed E-state index contributed by atoms with van der Waals surface area (Å²) in [6.45, 7) is 5.90. The molecule has 5 nitrogen and oxygen atoms in total. The molecule has 0 saturated heterocycles. The van der Waals surface area contributed by atoms with E-state index in [1.807, 2.05) is 51.1 Å². The Hall–Kier alpha value is -2.73. The molecule has 0 spiro atoms. The van der Waals surface area contributed by atoms with E-state index in [0.717, 1.165) is 28.2 Å². The zero-order chi connectivity index (χ0) is 18.7.